The maximum absolute atomic E-state index is 11.4. The van der Waals surface area contributed by atoms with Crippen LogP contribution >= 0.6 is 11.6 Å². The van der Waals surface area contributed by atoms with Crippen molar-refractivity contribution in [2.24, 2.45) is 0 Å². The second-order valence-corrected chi connectivity index (χ2v) is 4.14. The fourth-order valence-electron chi connectivity index (χ4n) is 1.18. The van der Waals surface area contributed by atoms with Crippen LogP contribution in [0.5, 0.6) is 0 Å². The molecule has 2 nitrogen and oxygen atoms in total. The van der Waals surface area contributed by atoms with E-state index in [0.29, 0.717) is 5.02 Å². The molecule has 0 saturated carbocycles. The molecule has 0 aliphatic rings. The van der Waals surface area contributed by atoms with Crippen molar-refractivity contribution < 1.29 is 4.79 Å². The number of hydrogen-bond donors (Lipinski definition) is 1. The monoisotopic (exact) mass is 237 g/mol. The van der Waals surface area contributed by atoms with Gasteiger partial charge in [-0.05, 0) is 37.1 Å². The van der Waals surface area contributed by atoms with Crippen LogP contribution in [-0.2, 0) is 4.79 Å². The SMILES string of the molecule is CC[C@@H](C)NC(=O)/C=C/c1cccc(Cl)c1. The molecule has 0 bridgehead atoms. The normalized spacial score (nSPS) is 12.7. The topological polar surface area (TPSA) is 29.1 Å². The lowest BCUT2D eigenvalue weighted by atomic mass is 10.2. The van der Waals surface area contributed by atoms with Gasteiger partial charge in [0, 0.05) is 17.1 Å². The molecule has 0 aliphatic carbocycles. The molecular weight excluding hydrogens is 222 g/mol. The highest BCUT2D eigenvalue weighted by atomic mass is 35.5. The standard InChI is InChI=1S/C13H16ClNO/c1-3-10(2)15-13(16)8-7-11-5-4-6-12(14)9-11/h4-10H,3H2,1-2H3,(H,15,16)/b8-7+/t10-/m1/s1. The van der Waals surface area contributed by atoms with Crippen molar-refractivity contribution in [3.63, 3.8) is 0 Å². The molecule has 86 valence electrons. The molecule has 0 fully saturated rings. The Morgan fingerprint density at radius 3 is 2.94 bits per heavy atom. The molecule has 1 rings (SSSR count). The van der Waals surface area contributed by atoms with Crippen molar-refractivity contribution in [1.82, 2.24) is 5.32 Å². The molecule has 1 aromatic rings. The van der Waals surface area contributed by atoms with Crippen LogP contribution in [0.2, 0.25) is 5.02 Å². The predicted octanol–water partition coefficient (Wildman–Crippen LogP) is 3.27. The Bertz CT molecular complexity index is 387. The average Bonchev–Trinajstić information content (AvgIpc) is 2.26. The van der Waals surface area contributed by atoms with Crippen molar-refractivity contribution in [3.8, 4) is 0 Å². The highest BCUT2D eigenvalue weighted by Gasteiger charge is 2.00. The van der Waals surface area contributed by atoms with E-state index in [0.717, 1.165) is 12.0 Å². The largest absolute Gasteiger partial charge is 0.350 e. The van der Waals surface area contributed by atoms with E-state index in [1.807, 2.05) is 32.0 Å². The molecule has 1 aromatic carbocycles. The van der Waals surface area contributed by atoms with E-state index in [1.54, 1.807) is 12.1 Å². The average molecular weight is 238 g/mol. The van der Waals surface area contributed by atoms with Crippen LogP contribution in [-0.4, -0.2) is 11.9 Å². The second kappa shape index (κ2) is 6.33. The van der Waals surface area contributed by atoms with Crippen molar-refractivity contribution in [2.75, 3.05) is 0 Å². The van der Waals surface area contributed by atoms with Crippen LogP contribution in [0.1, 0.15) is 25.8 Å². The van der Waals surface area contributed by atoms with Gasteiger partial charge in [-0.15, -0.1) is 0 Å². The van der Waals surface area contributed by atoms with E-state index in [2.05, 4.69) is 5.32 Å². The third-order valence-corrected chi connectivity index (χ3v) is 2.51. The van der Waals surface area contributed by atoms with Crippen molar-refractivity contribution in [1.29, 1.82) is 0 Å². The summed E-state index contributed by atoms with van der Waals surface area (Å²) in [7, 11) is 0. The molecule has 0 aromatic heterocycles. The third kappa shape index (κ3) is 4.49. The van der Waals surface area contributed by atoms with E-state index in [4.69, 9.17) is 11.6 Å². The lowest BCUT2D eigenvalue weighted by Crippen LogP contribution is -2.30. The first kappa shape index (κ1) is 12.8. The number of nitrogens with one attached hydrogen (secondary N) is 1. The first-order valence-electron chi connectivity index (χ1n) is 5.36. The van der Waals surface area contributed by atoms with Gasteiger partial charge >= 0.3 is 0 Å². The Labute approximate surface area is 101 Å². The van der Waals surface area contributed by atoms with E-state index in [1.165, 1.54) is 6.08 Å². The van der Waals surface area contributed by atoms with Gasteiger partial charge in [0.2, 0.25) is 5.91 Å². The summed E-state index contributed by atoms with van der Waals surface area (Å²) in [5.41, 5.74) is 0.923. The number of benzene rings is 1. The van der Waals surface area contributed by atoms with E-state index < -0.39 is 0 Å². The van der Waals surface area contributed by atoms with Crippen molar-refractivity contribution in [2.45, 2.75) is 26.3 Å². The summed E-state index contributed by atoms with van der Waals surface area (Å²) in [6, 6.07) is 7.58. The lowest BCUT2D eigenvalue weighted by Gasteiger charge is -2.08. The summed E-state index contributed by atoms with van der Waals surface area (Å²) >= 11 is 5.83. The van der Waals surface area contributed by atoms with Gasteiger partial charge < -0.3 is 5.32 Å². The van der Waals surface area contributed by atoms with Crippen LogP contribution in [0, 0.1) is 0 Å². The molecular formula is C13H16ClNO. The van der Waals surface area contributed by atoms with Gasteiger partial charge in [-0.25, -0.2) is 0 Å². The van der Waals surface area contributed by atoms with Crippen LogP contribution < -0.4 is 5.32 Å². The van der Waals surface area contributed by atoms with Gasteiger partial charge in [-0.2, -0.15) is 0 Å². The van der Waals surface area contributed by atoms with Gasteiger partial charge in [0.15, 0.2) is 0 Å². The number of halogens is 1. The molecule has 0 saturated heterocycles. The molecule has 16 heavy (non-hydrogen) atoms. The lowest BCUT2D eigenvalue weighted by molar-refractivity contribution is -0.117. The molecule has 1 amide bonds. The summed E-state index contributed by atoms with van der Waals surface area (Å²) in [4.78, 5) is 11.4. The maximum Gasteiger partial charge on any atom is 0.244 e. The van der Waals surface area contributed by atoms with Gasteiger partial charge in [0.05, 0.1) is 0 Å². The number of carbonyl (C=O) groups is 1. The third-order valence-electron chi connectivity index (χ3n) is 2.28. The quantitative estimate of drug-likeness (QED) is 0.801. The second-order valence-electron chi connectivity index (χ2n) is 3.71. The number of hydrogen-bond acceptors (Lipinski definition) is 1. The van der Waals surface area contributed by atoms with Gasteiger partial charge in [-0.3, -0.25) is 4.79 Å². The summed E-state index contributed by atoms with van der Waals surface area (Å²) in [6.07, 6.45) is 4.21. The summed E-state index contributed by atoms with van der Waals surface area (Å²) < 4.78 is 0. The first-order valence-corrected chi connectivity index (χ1v) is 5.73. The Balaban J connectivity index is 2.56. The zero-order valence-corrected chi connectivity index (χ0v) is 10.3. The van der Waals surface area contributed by atoms with Gasteiger partial charge in [-0.1, -0.05) is 30.7 Å². The minimum atomic E-state index is -0.0747. The summed E-state index contributed by atoms with van der Waals surface area (Å²) in [5, 5.41) is 3.53. The summed E-state index contributed by atoms with van der Waals surface area (Å²) in [6.45, 7) is 4.01. The van der Waals surface area contributed by atoms with Crippen LogP contribution in [0.4, 0.5) is 0 Å². The molecule has 0 unspecified atom stereocenters. The maximum atomic E-state index is 11.4. The molecule has 0 spiro atoms. The van der Waals surface area contributed by atoms with Crippen LogP contribution in [0.15, 0.2) is 30.3 Å². The highest BCUT2D eigenvalue weighted by molar-refractivity contribution is 6.30. The Morgan fingerprint density at radius 1 is 1.56 bits per heavy atom. The number of amides is 1. The van der Waals surface area contributed by atoms with Crippen molar-refractivity contribution in [3.05, 3.63) is 40.9 Å². The number of rotatable bonds is 4. The first-order chi connectivity index (χ1) is 7.61. The smallest absolute Gasteiger partial charge is 0.244 e. The molecule has 0 aliphatic heterocycles. The Kier molecular flexibility index (Phi) is 5.06. The number of carbonyl (C=O) groups excluding carboxylic acids is 1. The van der Waals surface area contributed by atoms with Crippen LogP contribution in [0.25, 0.3) is 6.08 Å². The minimum Gasteiger partial charge on any atom is -0.350 e. The summed E-state index contributed by atoms with van der Waals surface area (Å²) in [5.74, 6) is -0.0747. The van der Waals surface area contributed by atoms with Crippen molar-refractivity contribution >= 4 is 23.6 Å². The zero-order chi connectivity index (χ0) is 12.0. The Morgan fingerprint density at radius 2 is 2.31 bits per heavy atom. The van der Waals surface area contributed by atoms with E-state index in [-0.39, 0.29) is 11.9 Å². The predicted molar refractivity (Wildman–Crippen MR) is 68.4 cm³/mol. The molecule has 0 radical (unpaired) electrons. The minimum absolute atomic E-state index is 0.0747. The van der Waals surface area contributed by atoms with E-state index in [9.17, 15) is 4.79 Å². The highest BCUT2D eigenvalue weighted by Crippen LogP contribution is 2.11. The molecule has 0 heterocycles. The van der Waals surface area contributed by atoms with Gasteiger partial charge in [0.1, 0.15) is 0 Å². The fourth-order valence-corrected chi connectivity index (χ4v) is 1.37. The van der Waals surface area contributed by atoms with Crippen LogP contribution in [0.3, 0.4) is 0 Å². The van der Waals surface area contributed by atoms with Gasteiger partial charge in [0.25, 0.3) is 0 Å². The molecule has 1 atom stereocenters. The van der Waals surface area contributed by atoms with E-state index >= 15 is 0 Å². The molecule has 3 heteroatoms. The Hall–Kier alpha value is -1.28. The molecule has 1 N–H and O–H groups in total. The zero-order valence-electron chi connectivity index (χ0n) is 9.53. The fraction of sp³-hybridized carbons (Fsp3) is 0.308.